The molecule has 0 aliphatic carbocycles. The zero-order valence-electron chi connectivity index (χ0n) is 11.0. The van der Waals surface area contributed by atoms with Gasteiger partial charge in [0.25, 0.3) is 0 Å². The van der Waals surface area contributed by atoms with E-state index in [1.807, 2.05) is 0 Å². The van der Waals surface area contributed by atoms with Gasteiger partial charge in [-0.1, -0.05) is 43.2 Å². The molecule has 1 aromatic rings. The molecule has 0 spiro atoms. The molecule has 0 bridgehead atoms. The molecule has 0 saturated carbocycles. The minimum atomic E-state index is -0.263. The first-order valence-electron chi connectivity index (χ1n) is 6.61. The van der Waals surface area contributed by atoms with Crippen molar-refractivity contribution in [2.24, 2.45) is 11.7 Å². The van der Waals surface area contributed by atoms with Crippen LogP contribution in [0.25, 0.3) is 0 Å². The molecule has 1 aromatic carbocycles. The predicted molar refractivity (Wildman–Crippen MR) is 73.0 cm³/mol. The third-order valence-electron chi connectivity index (χ3n) is 3.36. The van der Waals surface area contributed by atoms with Gasteiger partial charge in [-0.05, 0) is 44.2 Å². The quantitative estimate of drug-likeness (QED) is 0.763. The van der Waals surface area contributed by atoms with Crippen molar-refractivity contribution in [3.05, 3.63) is 35.4 Å². The molecule has 0 aromatic heterocycles. The molecule has 0 amide bonds. The fraction of sp³-hybridized carbons (Fsp3) is 0.600. The van der Waals surface area contributed by atoms with Crippen molar-refractivity contribution < 1.29 is 5.11 Å². The molecule has 2 atom stereocenters. The zero-order valence-corrected chi connectivity index (χ0v) is 11.0. The Morgan fingerprint density at radius 3 is 2.35 bits per heavy atom. The summed E-state index contributed by atoms with van der Waals surface area (Å²) in [5.74, 6) is 0.255. The van der Waals surface area contributed by atoms with E-state index in [0.717, 1.165) is 25.7 Å². The average Bonchev–Trinajstić information content (AvgIpc) is 2.35. The maximum atomic E-state index is 10.1. The highest BCUT2D eigenvalue weighted by atomic mass is 16.3. The summed E-state index contributed by atoms with van der Waals surface area (Å²) < 4.78 is 0. The van der Waals surface area contributed by atoms with E-state index in [0.29, 0.717) is 6.54 Å². The van der Waals surface area contributed by atoms with E-state index in [2.05, 4.69) is 38.1 Å². The lowest BCUT2D eigenvalue weighted by molar-refractivity contribution is 0.0977. The van der Waals surface area contributed by atoms with Crippen molar-refractivity contribution in [2.75, 3.05) is 6.54 Å². The van der Waals surface area contributed by atoms with Crippen LogP contribution in [0, 0.1) is 12.8 Å². The molecule has 2 heteroatoms. The van der Waals surface area contributed by atoms with Crippen LogP contribution in [0.5, 0.6) is 0 Å². The fourth-order valence-electron chi connectivity index (χ4n) is 2.14. The van der Waals surface area contributed by atoms with Crippen molar-refractivity contribution in [1.29, 1.82) is 0 Å². The first-order valence-corrected chi connectivity index (χ1v) is 6.61. The maximum absolute atomic E-state index is 10.1. The highest BCUT2D eigenvalue weighted by Crippen LogP contribution is 2.16. The van der Waals surface area contributed by atoms with Gasteiger partial charge in [0, 0.05) is 0 Å². The Labute approximate surface area is 105 Å². The van der Waals surface area contributed by atoms with Crippen LogP contribution in [0.15, 0.2) is 24.3 Å². The molecule has 96 valence electrons. The summed E-state index contributed by atoms with van der Waals surface area (Å²) in [6.07, 6.45) is 3.59. The lowest BCUT2D eigenvalue weighted by Gasteiger charge is -2.20. The topological polar surface area (TPSA) is 46.2 Å². The van der Waals surface area contributed by atoms with Crippen LogP contribution >= 0.6 is 0 Å². The monoisotopic (exact) mass is 235 g/mol. The van der Waals surface area contributed by atoms with Crippen LogP contribution < -0.4 is 5.73 Å². The molecule has 0 fully saturated rings. The molecule has 3 N–H and O–H groups in total. The summed E-state index contributed by atoms with van der Waals surface area (Å²) in [4.78, 5) is 0. The third-order valence-corrected chi connectivity index (χ3v) is 3.36. The molecule has 0 heterocycles. The van der Waals surface area contributed by atoms with Crippen LogP contribution in [-0.4, -0.2) is 17.8 Å². The number of hydrogen-bond donors (Lipinski definition) is 2. The lowest BCUT2D eigenvalue weighted by atomic mass is 9.92. The summed E-state index contributed by atoms with van der Waals surface area (Å²) in [6, 6.07) is 8.51. The third kappa shape index (κ3) is 4.88. The Morgan fingerprint density at radius 2 is 1.82 bits per heavy atom. The number of nitrogens with two attached hydrogens (primary N) is 1. The fourth-order valence-corrected chi connectivity index (χ4v) is 2.14. The second kappa shape index (κ2) is 7.46. The van der Waals surface area contributed by atoms with E-state index in [9.17, 15) is 5.11 Å². The van der Waals surface area contributed by atoms with E-state index in [4.69, 9.17) is 5.73 Å². The molecule has 17 heavy (non-hydrogen) atoms. The minimum Gasteiger partial charge on any atom is -0.393 e. The minimum absolute atomic E-state index is 0.255. The standard InChI is InChI=1S/C15H25NO/c1-3-4-14(11-16)15(17)10-9-13-7-5-12(2)6-8-13/h5-8,14-15,17H,3-4,9-11,16H2,1-2H3. The Hall–Kier alpha value is -0.860. The van der Waals surface area contributed by atoms with E-state index >= 15 is 0 Å². The number of aliphatic hydroxyl groups is 1. The van der Waals surface area contributed by atoms with Crippen LogP contribution in [0.4, 0.5) is 0 Å². The van der Waals surface area contributed by atoms with Gasteiger partial charge in [0.15, 0.2) is 0 Å². The highest BCUT2D eigenvalue weighted by molar-refractivity contribution is 5.21. The summed E-state index contributed by atoms with van der Waals surface area (Å²) in [7, 11) is 0. The van der Waals surface area contributed by atoms with Crippen LogP contribution in [-0.2, 0) is 6.42 Å². The first kappa shape index (κ1) is 14.2. The summed E-state index contributed by atoms with van der Waals surface area (Å²) >= 11 is 0. The van der Waals surface area contributed by atoms with Crippen molar-refractivity contribution in [1.82, 2.24) is 0 Å². The highest BCUT2D eigenvalue weighted by Gasteiger charge is 2.16. The molecular weight excluding hydrogens is 210 g/mol. The van der Waals surface area contributed by atoms with Crippen molar-refractivity contribution in [2.45, 2.75) is 45.6 Å². The van der Waals surface area contributed by atoms with E-state index in [1.54, 1.807) is 0 Å². The van der Waals surface area contributed by atoms with Gasteiger partial charge in [-0.15, -0.1) is 0 Å². The lowest BCUT2D eigenvalue weighted by Crippen LogP contribution is -2.28. The van der Waals surface area contributed by atoms with Gasteiger partial charge in [0.05, 0.1) is 6.10 Å². The Kier molecular flexibility index (Phi) is 6.23. The Bertz CT molecular complexity index is 307. The predicted octanol–water partition coefficient (Wildman–Crippen LogP) is 2.66. The molecule has 1 rings (SSSR count). The molecule has 0 saturated heterocycles. The second-order valence-corrected chi connectivity index (χ2v) is 4.88. The van der Waals surface area contributed by atoms with Crippen molar-refractivity contribution in [3.63, 3.8) is 0 Å². The van der Waals surface area contributed by atoms with Crippen LogP contribution in [0.2, 0.25) is 0 Å². The number of aliphatic hydroxyl groups excluding tert-OH is 1. The molecule has 0 aliphatic rings. The first-order chi connectivity index (χ1) is 8.17. The summed E-state index contributed by atoms with van der Waals surface area (Å²) in [5.41, 5.74) is 8.26. The molecule has 2 unspecified atom stereocenters. The zero-order chi connectivity index (χ0) is 12.7. The maximum Gasteiger partial charge on any atom is 0.0583 e. The summed E-state index contributed by atoms with van der Waals surface area (Å²) in [6.45, 7) is 4.81. The largest absolute Gasteiger partial charge is 0.393 e. The summed E-state index contributed by atoms with van der Waals surface area (Å²) in [5, 5.41) is 10.1. The normalized spacial score (nSPS) is 14.6. The number of rotatable bonds is 7. The average molecular weight is 235 g/mol. The number of benzene rings is 1. The van der Waals surface area contributed by atoms with Gasteiger partial charge in [0.2, 0.25) is 0 Å². The van der Waals surface area contributed by atoms with Gasteiger partial charge < -0.3 is 10.8 Å². The van der Waals surface area contributed by atoms with Crippen molar-refractivity contribution in [3.8, 4) is 0 Å². The van der Waals surface area contributed by atoms with E-state index < -0.39 is 0 Å². The molecule has 0 aliphatic heterocycles. The van der Waals surface area contributed by atoms with Gasteiger partial charge in [-0.25, -0.2) is 0 Å². The number of hydrogen-bond acceptors (Lipinski definition) is 2. The molecular formula is C15H25NO. The smallest absolute Gasteiger partial charge is 0.0583 e. The Morgan fingerprint density at radius 1 is 1.18 bits per heavy atom. The van der Waals surface area contributed by atoms with Crippen molar-refractivity contribution >= 4 is 0 Å². The van der Waals surface area contributed by atoms with Gasteiger partial charge in [0.1, 0.15) is 0 Å². The van der Waals surface area contributed by atoms with E-state index in [1.165, 1.54) is 11.1 Å². The SMILES string of the molecule is CCCC(CN)C(O)CCc1ccc(C)cc1. The van der Waals surface area contributed by atoms with Gasteiger partial charge in [-0.3, -0.25) is 0 Å². The van der Waals surface area contributed by atoms with Gasteiger partial charge in [-0.2, -0.15) is 0 Å². The molecule has 0 radical (unpaired) electrons. The van der Waals surface area contributed by atoms with Crippen LogP contribution in [0.3, 0.4) is 0 Å². The Balaban J connectivity index is 2.41. The van der Waals surface area contributed by atoms with Gasteiger partial charge >= 0.3 is 0 Å². The van der Waals surface area contributed by atoms with Crippen LogP contribution in [0.1, 0.15) is 37.3 Å². The number of aryl methyl sites for hydroxylation is 2. The molecule has 2 nitrogen and oxygen atoms in total. The second-order valence-electron chi connectivity index (χ2n) is 4.88. The van der Waals surface area contributed by atoms with E-state index in [-0.39, 0.29) is 12.0 Å².